The number of ether oxygens (including phenoxy) is 3. The lowest BCUT2D eigenvalue weighted by molar-refractivity contribution is -0.121. The van der Waals surface area contributed by atoms with Gasteiger partial charge in [-0.3, -0.25) is 19.2 Å². The van der Waals surface area contributed by atoms with Gasteiger partial charge >= 0.3 is 7.62 Å². The summed E-state index contributed by atoms with van der Waals surface area (Å²) in [5.74, 6) is -0.142. The van der Waals surface area contributed by atoms with Gasteiger partial charge in [0.15, 0.2) is 11.5 Å². The van der Waals surface area contributed by atoms with E-state index in [1.165, 1.54) is 29.2 Å². The molecule has 1 heterocycles. The lowest BCUT2D eigenvalue weighted by Crippen LogP contribution is -2.42. The molecular formula is C36H46BN5O10PS2. The number of nitrogens with zero attached hydrogens (tertiary/aromatic N) is 1. The lowest BCUT2D eigenvalue weighted by atomic mass is 10.0. The molecule has 295 valence electrons. The molecule has 1 saturated heterocycles. The first-order chi connectivity index (χ1) is 26.4. The highest BCUT2D eigenvalue weighted by Gasteiger charge is 2.38. The number of nitrogens with one attached hydrogen (secondary N) is 4. The van der Waals surface area contributed by atoms with Gasteiger partial charge in [0.25, 0.3) is 11.6 Å². The second-order valence-electron chi connectivity index (χ2n) is 12.6. The molecule has 0 bridgehead atoms. The van der Waals surface area contributed by atoms with E-state index >= 15 is 0 Å². The van der Waals surface area contributed by atoms with Crippen molar-refractivity contribution < 1.29 is 46.8 Å². The maximum Gasteiger partial charge on any atom is 0.397 e. The Kier molecular flexibility index (Phi) is 17.1. The average Bonchev–Trinajstić information content (AvgIpc) is 3.57. The molecule has 3 atom stereocenters. The third-order valence-electron chi connectivity index (χ3n) is 8.51. The van der Waals surface area contributed by atoms with Crippen molar-refractivity contribution >= 4 is 68.1 Å². The summed E-state index contributed by atoms with van der Waals surface area (Å²) in [6.07, 6.45) is 2.85. The predicted molar refractivity (Wildman–Crippen MR) is 215 cm³/mol. The Morgan fingerprint density at radius 1 is 0.964 bits per heavy atom. The summed E-state index contributed by atoms with van der Waals surface area (Å²) >= 11 is 4.40. The molecule has 55 heavy (non-hydrogen) atoms. The minimum Gasteiger partial charge on any atom is -0.493 e. The molecule has 15 nitrogen and oxygen atoms in total. The van der Waals surface area contributed by atoms with E-state index in [0.717, 1.165) is 30.4 Å². The largest absolute Gasteiger partial charge is 0.493 e. The molecule has 4 rings (SSSR count). The van der Waals surface area contributed by atoms with E-state index < -0.39 is 42.4 Å². The maximum absolute atomic E-state index is 13.0. The molecule has 3 aromatic carbocycles. The summed E-state index contributed by atoms with van der Waals surface area (Å²) in [6.45, 7) is 0.697. The van der Waals surface area contributed by atoms with Crippen LogP contribution in [0.25, 0.3) is 0 Å². The second-order valence-corrected chi connectivity index (χ2v) is 16.1. The van der Waals surface area contributed by atoms with E-state index in [1.54, 1.807) is 14.2 Å². The van der Waals surface area contributed by atoms with Crippen molar-refractivity contribution in [3.8, 4) is 17.2 Å². The van der Waals surface area contributed by atoms with Crippen LogP contribution in [-0.4, -0.2) is 100 Å². The molecule has 3 aromatic rings. The quantitative estimate of drug-likeness (QED) is 0.0400. The number of rotatable bonds is 21. The molecule has 1 aliphatic heterocycles. The van der Waals surface area contributed by atoms with Crippen LogP contribution < -0.4 is 34.6 Å². The Balaban J connectivity index is 1.14. The van der Waals surface area contributed by atoms with Crippen molar-refractivity contribution in [1.82, 2.24) is 19.9 Å². The SMILES string of the molecule is COc1ccc(CCCc2cccc(OCCNC(=O)CCCS(=O)(=O)NC(=O)c3cccc(NC(=O)[C@@H]4C[C@H](S)CN4C(=O)PN[B]O)c3)c2)cc1OC. The van der Waals surface area contributed by atoms with Crippen LogP contribution >= 0.6 is 21.4 Å². The number of amides is 4. The number of aryl methyl sites for hydroxylation is 2. The van der Waals surface area contributed by atoms with Crippen LogP contribution in [0.1, 0.15) is 47.2 Å². The number of anilines is 1. The van der Waals surface area contributed by atoms with E-state index in [2.05, 4.69) is 28.3 Å². The van der Waals surface area contributed by atoms with Crippen molar-refractivity contribution in [2.24, 2.45) is 0 Å². The zero-order chi connectivity index (χ0) is 39.8. The van der Waals surface area contributed by atoms with Gasteiger partial charge in [-0.2, -0.15) is 12.6 Å². The van der Waals surface area contributed by atoms with Gasteiger partial charge in [-0.05, 0) is 85.7 Å². The van der Waals surface area contributed by atoms with E-state index in [4.69, 9.17) is 19.2 Å². The monoisotopic (exact) mass is 814 g/mol. The molecular weight excluding hydrogens is 768 g/mol. The third-order valence-corrected chi connectivity index (χ3v) is 11.0. The van der Waals surface area contributed by atoms with Crippen molar-refractivity contribution in [1.29, 1.82) is 0 Å². The number of hydrogen-bond acceptors (Lipinski definition) is 12. The average molecular weight is 815 g/mol. The number of carbonyl (C=O) groups is 4. The molecule has 19 heteroatoms. The minimum atomic E-state index is -4.08. The Morgan fingerprint density at radius 3 is 2.45 bits per heavy atom. The zero-order valence-corrected chi connectivity index (χ0v) is 33.3. The number of sulfonamides is 1. The molecule has 1 unspecified atom stereocenters. The molecule has 4 amide bonds. The molecule has 0 aliphatic carbocycles. The van der Waals surface area contributed by atoms with E-state index in [9.17, 15) is 27.6 Å². The van der Waals surface area contributed by atoms with Crippen molar-refractivity contribution in [2.45, 2.75) is 49.8 Å². The molecule has 0 saturated carbocycles. The summed E-state index contributed by atoms with van der Waals surface area (Å²) in [6, 6.07) is 18.6. The fourth-order valence-corrected chi connectivity index (χ4v) is 7.84. The van der Waals surface area contributed by atoms with Crippen LogP contribution in [0.15, 0.2) is 66.7 Å². The van der Waals surface area contributed by atoms with Crippen molar-refractivity contribution in [2.75, 3.05) is 45.0 Å². The Labute approximate surface area is 329 Å². The number of benzene rings is 3. The number of methoxy groups -OCH3 is 2. The molecule has 0 spiro atoms. The van der Waals surface area contributed by atoms with Crippen LogP contribution in [0.2, 0.25) is 0 Å². The van der Waals surface area contributed by atoms with Crippen molar-refractivity contribution in [3.05, 3.63) is 83.4 Å². The van der Waals surface area contributed by atoms with Crippen molar-refractivity contribution in [3.63, 3.8) is 0 Å². The van der Waals surface area contributed by atoms with Gasteiger partial charge in [0.05, 0.1) is 26.5 Å². The molecule has 1 aliphatic rings. The maximum atomic E-state index is 13.0. The Hall–Kier alpha value is -4.35. The first-order valence-corrected chi connectivity index (χ1v) is 20.7. The number of carbonyl (C=O) groups excluding carboxylic acids is 4. The van der Waals surface area contributed by atoms with Crippen LogP contribution in [0.3, 0.4) is 0 Å². The molecule has 1 radical (unpaired) electrons. The standard InChI is InChI=1S/C36H46BN5O10PS2/c1-50-31-15-14-25(20-32(31)51-2)8-3-7-24-9-4-12-28(19-24)52-17-16-38-33(43)13-6-18-55(48,49)40-34(44)26-10-5-11-27(21-26)39-35(45)30-22-29(54)23-42(30)36(46)53-41-37-47/h4-5,9-12,14-15,19-21,29-30,41,47,53-54H,3,6-8,13,16-18,22-23H2,1-2H3,(H,38,43)(H,39,45)(H,40,44)/t29-,30-/m0/s1. The van der Waals surface area contributed by atoms with Gasteiger partial charge in [0.1, 0.15) is 18.4 Å². The third kappa shape index (κ3) is 14.0. The highest BCUT2D eigenvalue weighted by atomic mass is 32.2. The first-order valence-electron chi connectivity index (χ1n) is 17.5. The number of hydrogen-bond donors (Lipinski definition) is 6. The highest BCUT2D eigenvalue weighted by Crippen LogP contribution is 2.29. The van der Waals surface area contributed by atoms with Gasteiger partial charge in [-0.25, -0.2) is 13.1 Å². The summed E-state index contributed by atoms with van der Waals surface area (Å²) < 4.78 is 43.8. The molecule has 5 N–H and O–H groups in total. The van der Waals surface area contributed by atoms with Gasteiger partial charge in [-0.1, -0.05) is 24.3 Å². The summed E-state index contributed by atoms with van der Waals surface area (Å²) in [7, 11) is -0.676. The summed E-state index contributed by atoms with van der Waals surface area (Å²) in [5, 5.41) is 14.0. The first kappa shape index (κ1) is 43.4. The minimum absolute atomic E-state index is 0.0187. The fraction of sp³-hybridized carbons (Fsp3) is 0.389. The Bertz CT molecular complexity index is 1910. The molecule has 1 fully saturated rings. The summed E-state index contributed by atoms with van der Waals surface area (Å²) in [5.41, 5.74) is 2.11. The zero-order valence-electron chi connectivity index (χ0n) is 30.6. The van der Waals surface area contributed by atoms with Gasteiger partial charge in [-0.15, -0.1) is 0 Å². The smallest absolute Gasteiger partial charge is 0.397 e. The van der Waals surface area contributed by atoms with E-state index in [1.807, 2.05) is 47.2 Å². The van der Waals surface area contributed by atoms with Gasteiger partial charge in [0.2, 0.25) is 21.8 Å². The second kappa shape index (κ2) is 21.7. The van der Waals surface area contributed by atoms with Gasteiger partial charge in [0, 0.05) is 38.2 Å². The lowest BCUT2D eigenvalue weighted by Gasteiger charge is -2.23. The van der Waals surface area contributed by atoms with Crippen LogP contribution in [0.5, 0.6) is 17.2 Å². The number of likely N-dealkylation sites (tertiary alicyclic amines) is 1. The van der Waals surface area contributed by atoms with E-state index in [-0.39, 0.29) is 60.6 Å². The van der Waals surface area contributed by atoms with Crippen LogP contribution in [-0.2, 0) is 32.5 Å². The normalized spacial score (nSPS) is 15.4. The fourth-order valence-electron chi connectivity index (χ4n) is 5.86. The number of thiol groups is 1. The highest BCUT2D eigenvalue weighted by molar-refractivity contribution is 7.90. The topological polar surface area (TPSA) is 202 Å². The van der Waals surface area contributed by atoms with E-state index in [0.29, 0.717) is 31.3 Å². The Morgan fingerprint density at radius 2 is 1.71 bits per heavy atom. The molecule has 0 aromatic heterocycles. The predicted octanol–water partition coefficient (Wildman–Crippen LogP) is 3.05. The summed E-state index contributed by atoms with van der Waals surface area (Å²) in [4.78, 5) is 54.5. The van der Waals surface area contributed by atoms with Crippen LogP contribution in [0, 0.1) is 0 Å². The van der Waals surface area contributed by atoms with Crippen LogP contribution in [0.4, 0.5) is 10.5 Å². The van der Waals surface area contributed by atoms with Gasteiger partial charge < -0.3 is 39.8 Å².